The van der Waals surface area contributed by atoms with E-state index in [9.17, 15) is 0 Å². The van der Waals surface area contributed by atoms with Crippen LogP contribution in [0.5, 0.6) is 0 Å². The maximum absolute atomic E-state index is 5.83. The first-order chi connectivity index (χ1) is 9.49. The highest BCUT2D eigenvalue weighted by atomic mass is 28.4. The molecule has 0 unspecified atom stereocenters. The van der Waals surface area contributed by atoms with Gasteiger partial charge in [0.25, 0.3) is 0 Å². The van der Waals surface area contributed by atoms with Crippen LogP contribution in [0.3, 0.4) is 0 Å². The van der Waals surface area contributed by atoms with Crippen LogP contribution in [0.2, 0.25) is 6.04 Å². The van der Waals surface area contributed by atoms with Crippen LogP contribution in [-0.2, 0) is 13.3 Å². The summed E-state index contributed by atoms with van der Waals surface area (Å²) in [5.41, 5.74) is 1.23. The lowest BCUT2D eigenvalue weighted by Gasteiger charge is -2.28. The van der Waals surface area contributed by atoms with E-state index in [-0.39, 0.29) is 0 Å². The predicted molar refractivity (Wildman–Crippen MR) is 87.5 cm³/mol. The number of rotatable bonds is 12. The second-order valence-electron chi connectivity index (χ2n) is 5.30. The number of aliphatic imine (C=N–C) groups is 1. The molecule has 0 amide bonds. The molecule has 0 aliphatic heterocycles. The minimum absolute atomic E-state index is 0.641. The molecule has 0 bridgehead atoms. The van der Waals surface area contributed by atoms with Crippen LogP contribution in [0.1, 0.15) is 54.4 Å². The summed E-state index contributed by atoms with van der Waals surface area (Å²) in [5, 5.41) is 0. The molecular weight excluding hydrogens is 270 g/mol. The Hall–Kier alpha value is -0.233. The SMILES string of the molecule is CCO[Si](CCC/N=C(/C)CC(C)C)(OCC)OCC. The molecule has 0 heterocycles. The quantitative estimate of drug-likeness (QED) is 0.311. The molecule has 0 aliphatic rings. The zero-order valence-corrected chi connectivity index (χ0v) is 15.2. The van der Waals surface area contributed by atoms with Crippen LogP contribution in [0.25, 0.3) is 0 Å². The molecule has 0 radical (unpaired) electrons. The molecule has 0 atom stereocenters. The van der Waals surface area contributed by atoms with Crippen LogP contribution in [0, 0.1) is 5.92 Å². The summed E-state index contributed by atoms with van der Waals surface area (Å²) in [5.74, 6) is 0.669. The first-order valence-electron chi connectivity index (χ1n) is 7.91. The van der Waals surface area contributed by atoms with Crippen molar-refractivity contribution in [2.24, 2.45) is 10.9 Å². The number of hydrogen-bond acceptors (Lipinski definition) is 4. The van der Waals surface area contributed by atoms with Crippen LogP contribution in [-0.4, -0.2) is 40.9 Å². The van der Waals surface area contributed by atoms with E-state index in [0.29, 0.717) is 25.7 Å². The van der Waals surface area contributed by atoms with Crippen molar-refractivity contribution in [3.05, 3.63) is 0 Å². The van der Waals surface area contributed by atoms with Gasteiger partial charge < -0.3 is 13.3 Å². The van der Waals surface area contributed by atoms with Crippen molar-refractivity contribution in [1.29, 1.82) is 0 Å². The first-order valence-corrected chi connectivity index (χ1v) is 9.84. The summed E-state index contributed by atoms with van der Waals surface area (Å²) < 4.78 is 17.5. The Balaban J connectivity index is 4.31. The van der Waals surface area contributed by atoms with Gasteiger partial charge in [0, 0.05) is 38.1 Å². The van der Waals surface area contributed by atoms with Crippen LogP contribution in [0.15, 0.2) is 4.99 Å². The van der Waals surface area contributed by atoms with Gasteiger partial charge in [-0.25, -0.2) is 0 Å². The summed E-state index contributed by atoms with van der Waals surface area (Å²) in [6, 6.07) is 0.848. The molecule has 120 valence electrons. The zero-order valence-electron chi connectivity index (χ0n) is 14.2. The van der Waals surface area contributed by atoms with Crippen molar-refractivity contribution in [1.82, 2.24) is 0 Å². The van der Waals surface area contributed by atoms with E-state index in [1.807, 2.05) is 20.8 Å². The summed E-state index contributed by atoms with van der Waals surface area (Å²) in [4.78, 5) is 4.62. The first kappa shape index (κ1) is 19.8. The third kappa shape index (κ3) is 8.84. The van der Waals surface area contributed by atoms with Crippen molar-refractivity contribution in [2.75, 3.05) is 26.4 Å². The summed E-state index contributed by atoms with van der Waals surface area (Å²) in [7, 11) is -2.47. The Labute approximate surface area is 126 Å². The molecule has 0 N–H and O–H groups in total. The minimum Gasteiger partial charge on any atom is -0.374 e. The van der Waals surface area contributed by atoms with Gasteiger partial charge in [-0.15, -0.1) is 0 Å². The Kier molecular flexibility index (Phi) is 11.3. The largest absolute Gasteiger partial charge is 0.500 e. The molecular formula is C15H33NO3Si. The summed E-state index contributed by atoms with van der Waals surface area (Å²) in [6.07, 6.45) is 2.03. The van der Waals surface area contributed by atoms with Gasteiger partial charge in [0.05, 0.1) is 0 Å². The van der Waals surface area contributed by atoms with E-state index in [0.717, 1.165) is 25.4 Å². The van der Waals surface area contributed by atoms with Crippen LogP contribution >= 0.6 is 0 Å². The molecule has 0 aromatic carbocycles. The van der Waals surface area contributed by atoms with E-state index in [1.54, 1.807) is 0 Å². The third-order valence-corrected chi connectivity index (χ3v) is 5.97. The average Bonchev–Trinajstić information content (AvgIpc) is 2.35. The molecule has 0 saturated carbocycles. The van der Waals surface area contributed by atoms with Gasteiger partial charge in [0.2, 0.25) is 0 Å². The normalized spacial score (nSPS) is 13.2. The smallest absolute Gasteiger partial charge is 0.374 e. The van der Waals surface area contributed by atoms with E-state index in [4.69, 9.17) is 13.3 Å². The fourth-order valence-electron chi connectivity index (χ4n) is 2.22. The molecule has 5 heteroatoms. The molecule has 0 fully saturated rings. The fourth-order valence-corrected chi connectivity index (χ4v) is 4.82. The van der Waals surface area contributed by atoms with E-state index in [1.165, 1.54) is 5.71 Å². The highest BCUT2D eigenvalue weighted by molar-refractivity contribution is 6.60. The van der Waals surface area contributed by atoms with Crippen molar-refractivity contribution in [3.63, 3.8) is 0 Å². The van der Waals surface area contributed by atoms with Crippen LogP contribution in [0.4, 0.5) is 0 Å². The number of hydrogen-bond donors (Lipinski definition) is 0. The van der Waals surface area contributed by atoms with E-state index >= 15 is 0 Å². The summed E-state index contributed by atoms with van der Waals surface area (Å²) in [6.45, 7) is 15.3. The van der Waals surface area contributed by atoms with Crippen molar-refractivity contribution in [2.45, 2.75) is 60.4 Å². The average molecular weight is 304 g/mol. The van der Waals surface area contributed by atoms with E-state index < -0.39 is 8.80 Å². The Morgan fingerprint density at radius 1 is 1.00 bits per heavy atom. The predicted octanol–water partition coefficient (Wildman–Crippen LogP) is 3.93. The van der Waals surface area contributed by atoms with Gasteiger partial charge in [-0.2, -0.15) is 0 Å². The monoisotopic (exact) mass is 303 g/mol. The second kappa shape index (κ2) is 11.4. The Morgan fingerprint density at radius 3 is 1.90 bits per heavy atom. The standard InChI is InChI=1S/C15H33NO3Si/c1-7-17-20(18-8-2,19-9-3)12-10-11-16-15(6)13-14(4)5/h14H,7-13H2,1-6H3/b16-15-. The Morgan fingerprint density at radius 2 is 1.50 bits per heavy atom. The molecule has 0 aromatic heterocycles. The molecule has 20 heavy (non-hydrogen) atoms. The number of nitrogens with zero attached hydrogens (tertiary/aromatic N) is 1. The highest BCUT2D eigenvalue weighted by Crippen LogP contribution is 2.18. The highest BCUT2D eigenvalue weighted by Gasteiger charge is 2.39. The third-order valence-electron chi connectivity index (χ3n) is 2.82. The van der Waals surface area contributed by atoms with E-state index in [2.05, 4.69) is 25.8 Å². The van der Waals surface area contributed by atoms with Gasteiger partial charge in [0.1, 0.15) is 0 Å². The van der Waals surface area contributed by atoms with Crippen molar-refractivity contribution in [3.8, 4) is 0 Å². The summed E-state index contributed by atoms with van der Waals surface area (Å²) >= 11 is 0. The van der Waals surface area contributed by atoms with Gasteiger partial charge in [-0.05, 0) is 46.5 Å². The lowest BCUT2D eigenvalue weighted by atomic mass is 10.1. The molecule has 4 nitrogen and oxygen atoms in total. The topological polar surface area (TPSA) is 40.0 Å². The fraction of sp³-hybridized carbons (Fsp3) is 0.933. The molecule has 0 saturated heterocycles. The van der Waals surface area contributed by atoms with Gasteiger partial charge in [-0.3, -0.25) is 4.99 Å². The maximum atomic E-state index is 5.83. The second-order valence-corrected chi connectivity index (χ2v) is 8.03. The maximum Gasteiger partial charge on any atom is 0.500 e. The zero-order chi connectivity index (χ0) is 15.4. The molecule has 0 rings (SSSR count). The minimum atomic E-state index is -2.47. The molecule has 0 spiro atoms. The molecule has 0 aromatic rings. The van der Waals surface area contributed by atoms with Crippen LogP contribution < -0.4 is 0 Å². The Bertz CT molecular complexity index is 253. The van der Waals surface area contributed by atoms with Crippen molar-refractivity contribution >= 4 is 14.5 Å². The lowest BCUT2D eigenvalue weighted by Crippen LogP contribution is -2.46. The van der Waals surface area contributed by atoms with Gasteiger partial charge >= 0.3 is 8.80 Å². The lowest BCUT2D eigenvalue weighted by molar-refractivity contribution is 0.0710. The van der Waals surface area contributed by atoms with Gasteiger partial charge in [0.15, 0.2) is 0 Å². The molecule has 0 aliphatic carbocycles. The van der Waals surface area contributed by atoms with Crippen molar-refractivity contribution < 1.29 is 13.3 Å². The van der Waals surface area contributed by atoms with Gasteiger partial charge in [-0.1, -0.05) is 13.8 Å².